The standard InChI is InChI=1S/C23H26O3/c1-4-5-9-14-25-21-13-12-19-16(2)20(15-18-10-7-6-8-11-18)23(24)26-22(19)17(21)3/h6-8,10-13H,4-5,9,14-15H2,1-3H3. The van der Waals surface area contributed by atoms with Crippen molar-refractivity contribution < 1.29 is 9.15 Å². The van der Waals surface area contributed by atoms with Gasteiger partial charge in [-0.3, -0.25) is 0 Å². The lowest BCUT2D eigenvalue weighted by Gasteiger charge is -2.13. The van der Waals surface area contributed by atoms with Crippen molar-refractivity contribution in [2.75, 3.05) is 6.61 Å². The molecule has 0 saturated carbocycles. The second-order valence-electron chi connectivity index (χ2n) is 6.78. The van der Waals surface area contributed by atoms with Crippen molar-refractivity contribution in [3.63, 3.8) is 0 Å². The summed E-state index contributed by atoms with van der Waals surface area (Å²) in [5, 5.41) is 0.980. The lowest BCUT2D eigenvalue weighted by atomic mass is 9.98. The van der Waals surface area contributed by atoms with Crippen LogP contribution in [0.2, 0.25) is 0 Å². The van der Waals surface area contributed by atoms with E-state index in [0.717, 1.165) is 46.2 Å². The van der Waals surface area contributed by atoms with E-state index in [1.807, 2.05) is 56.3 Å². The van der Waals surface area contributed by atoms with Crippen molar-refractivity contribution in [3.8, 4) is 5.75 Å². The fourth-order valence-electron chi connectivity index (χ4n) is 3.27. The van der Waals surface area contributed by atoms with Gasteiger partial charge in [-0.15, -0.1) is 0 Å². The Hall–Kier alpha value is -2.55. The van der Waals surface area contributed by atoms with Crippen LogP contribution in [-0.2, 0) is 6.42 Å². The summed E-state index contributed by atoms with van der Waals surface area (Å²) in [5.41, 5.74) is 4.09. The van der Waals surface area contributed by atoms with Crippen LogP contribution in [0.1, 0.15) is 48.4 Å². The number of hydrogen-bond donors (Lipinski definition) is 0. The summed E-state index contributed by atoms with van der Waals surface area (Å²) >= 11 is 0. The number of hydrogen-bond acceptors (Lipinski definition) is 3. The minimum Gasteiger partial charge on any atom is -0.493 e. The summed E-state index contributed by atoms with van der Waals surface area (Å²) in [6, 6.07) is 14.0. The molecule has 26 heavy (non-hydrogen) atoms. The third-order valence-electron chi connectivity index (χ3n) is 4.88. The maximum absolute atomic E-state index is 12.6. The Labute approximate surface area is 154 Å². The molecule has 3 heteroatoms. The molecule has 0 aliphatic heterocycles. The van der Waals surface area contributed by atoms with E-state index in [4.69, 9.17) is 9.15 Å². The molecule has 0 fully saturated rings. The monoisotopic (exact) mass is 350 g/mol. The minimum absolute atomic E-state index is 0.259. The van der Waals surface area contributed by atoms with Crippen molar-refractivity contribution in [2.45, 2.75) is 46.5 Å². The van der Waals surface area contributed by atoms with E-state index in [0.29, 0.717) is 18.6 Å². The van der Waals surface area contributed by atoms with Crippen LogP contribution < -0.4 is 10.4 Å². The second-order valence-corrected chi connectivity index (χ2v) is 6.78. The fourth-order valence-corrected chi connectivity index (χ4v) is 3.27. The zero-order chi connectivity index (χ0) is 18.5. The van der Waals surface area contributed by atoms with Crippen LogP contribution in [0.4, 0.5) is 0 Å². The van der Waals surface area contributed by atoms with Crippen molar-refractivity contribution in [3.05, 3.63) is 75.1 Å². The van der Waals surface area contributed by atoms with Gasteiger partial charge in [-0.2, -0.15) is 0 Å². The van der Waals surface area contributed by atoms with Crippen LogP contribution >= 0.6 is 0 Å². The van der Waals surface area contributed by atoms with Gasteiger partial charge in [0.05, 0.1) is 6.61 Å². The molecule has 0 saturated heterocycles. The molecule has 0 aliphatic carbocycles. The molecule has 1 aromatic heterocycles. The minimum atomic E-state index is -0.259. The van der Waals surface area contributed by atoms with E-state index in [2.05, 4.69) is 6.92 Å². The van der Waals surface area contributed by atoms with Crippen LogP contribution in [-0.4, -0.2) is 6.61 Å². The number of aryl methyl sites for hydroxylation is 2. The Bertz CT molecular complexity index is 939. The van der Waals surface area contributed by atoms with Crippen LogP contribution in [0.15, 0.2) is 51.7 Å². The normalized spacial score (nSPS) is 11.0. The van der Waals surface area contributed by atoms with E-state index >= 15 is 0 Å². The molecule has 3 rings (SSSR count). The van der Waals surface area contributed by atoms with E-state index in [1.54, 1.807) is 0 Å². The van der Waals surface area contributed by atoms with Gasteiger partial charge in [0.15, 0.2) is 0 Å². The van der Waals surface area contributed by atoms with Gasteiger partial charge in [0.1, 0.15) is 11.3 Å². The molecule has 0 aliphatic rings. The average Bonchev–Trinajstić information content (AvgIpc) is 2.65. The highest BCUT2D eigenvalue weighted by Gasteiger charge is 2.15. The Morgan fingerprint density at radius 3 is 2.46 bits per heavy atom. The SMILES string of the molecule is CCCCCOc1ccc2c(C)c(Cc3ccccc3)c(=O)oc2c1C. The maximum atomic E-state index is 12.6. The van der Waals surface area contributed by atoms with Crippen molar-refractivity contribution >= 4 is 11.0 Å². The molecular formula is C23H26O3. The maximum Gasteiger partial charge on any atom is 0.340 e. The molecule has 1 heterocycles. The highest BCUT2D eigenvalue weighted by atomic mass is 16.5. The Kier molecular flexibility index (Phi) is 5.77. The molecule has 0 atom stereocenters. The molecule has 0 radical (unpaired) electrons. The van der Waals surface area contributed by atoms with Gasteiger partial charge in [0.2, 0.25) is 0 Å². The van der Waals surface area contributed by atoms with Gasteiger partial charge >= 0.3 is 5.63 Å². The van der Waals surface area contributed by atoms with Gasteiger partial charge < -0.3 is 9.15 Å². The molecule has 0 spiro atoms. The first-order chi connectivity index (χ1) is 12.6. The first-order valence-corrected chi connectivity index (χ1v) is 9.34. The molecular weight excluding hydrogens is 324 g/mol. The van der Waals surface area contributed by atoms with Gasteiger partial charge in [-0.25, -0.2) is 4.79 Å². The summed E-state index contributed by atoms with van der Waals surface area (Å²) in [7, 11) is 0. The van der Waals surface area contributed by atoms with E-state index in [-0.39, 0.29) is 5.63 Å². The summed E-state index contributed by atoms with van der Waals surface area (Å²) in [4.78, 5) is 12.6. The highest BCUT2D eigenvalue weighted by Crippen LogP contribution is 2.30. The second kappa shape index (κ2) is 8.22. The summed E-state index contributed by atoms with van der Waals surface area (Å²) in [6.07, 6.45) is 3.94. The number of rotatable bonds is 7. The van der Waals surface area contributed by atoms with Crippen LogP contribution in [0.5, 0.6) is 5.75 Å². The first-order valence-electron chi connectivity index (χ1n) is 9.34. The molecule has 0 bridgehead atoms. The lowest BCUT2D eigenvalue weighted by molar-refractivity contribution is 0.304. The number of benzene rings is 2. The zero-order valence-electron chi connectivity index (χ0n) is 15.8. The number of fused-ring (bicyclic) bond motifs is 1. The van der Waals surface area contributed by atoms with Crippen molar-refractivity contribution in [1.29, 1.82) is 0 Å². The Morgan fingerprint density at radius 1 is 0.962 bits per heavy atom. The molecule has 3 aromatic rings. The lowest BCUT2D eigenvalue weighted by Crippen LogP contribution is -2.11. The molecule has 0 amide bonds. The zero-order valence-corrected chi connectivity index (χ0v) is 15.8. The van der Waals surface area contributed by atoms with Crippen molar-refractivity contribution in [1.82, 2.24) is 0 Å². The first kappa shape index (κ1) is 18.2. The average molecular weight is 350 g/mol. The third-order valence-corrected chi connectivity index (χ3v) is 4.88. The van der Waals surface area contributed by atoms with Crippen LogP contribution in [0, 0.1) is 13.8 Å². The highest BCUT2D eigenvalue weighted by molar-refractivity contribution is 5.85. The van der Waals surface area contributed by atoms with Crippen LogP contribution in [0.25, 0.3) is 11.0 Å². The van der Waals surface area contributed by atoms with Crippen molar-refractivity contribution in [2.24, 2.45) is 0 Å². The summed E-state index contributed by atoms with van der Waals surface area (Å²) < 4.78 is 11.6. The largest absolute Gasteiger partial charge is 0.493 e. The molecule has 3 nitrogen and oxygen atoms in total. The predicted octanol–water partition coefficient (Wildman–Crippen LogP) is 5.57. The van der Waals surface area contributed by atoms with Gasteiger partial charge in [0.25, 0.3) is 0 Å². The van der Waals surface area contributed by atoms with Crippen LogP contribution in [0.3, 0.4) is 0 Å². The van der Waals surface area contributed by atoms with E-state index < -0.39 is 0 Å². The molecule has 136 valence electrons. The van der Waals surface area contributed by atoms with Gasteiger partial charge in [-0.1, -0.05) is 50.1 Å². The van der Waals surface area contributed by atoms with Gasteiger partial charge in [0, 0.05) is 22.9 Å². The fraction of sp³-hybridized carbons (Fsp3) is 0.348. The Morgan fingerprint density at radius 2 is 1.73 bits per heavy atom. The summed E-state index contributed by atoms with van der Waals surface area (Å²) in [5.74, 6) is 0.798. The topological polar surface area (TPSA) is 39.4 Å². The molecule has 0 N–H and O–H groups in total. The van der Waals surface area contributed by atoms with E-state index in [1.165, 1.54) is 6.42 Å². The Balaban J connectivity index is 1.95. The quantitative estimate of drug-likeness (QED) is 0.413. The smallest absolute Gasteiger partial charge is 0.340 e. The number of unbranched alkanes of at least 4 members (excludes halogenated alkanes) is 2. The summed E-state index contributed by atoms with van der Waals surface area (Å²) in [6.45, 7) is 6.82. The molecule has 0 unspecified atom stereocenters. The number of ether oxygens (including phenoxy) is 1. The third kappa shape index (κ3) is 3.82. The molecule has 2 aromatic carbocycles. The van der Waals surface area contributed by atoms with E-state index in [9.17, 15) is 4.79 Å². The van der Waals surface area contributed by atoms with Gasteiger partial charge in [-0.05, 0) is 43.5 Å². The predicted molar refractivity (Wildman–Crippen MR) is 106 cm³/mol.